The molecule has 88 valence electrons. The molecule has 6 heteroatoms. The summed E-state index contributed by atoms with van der Waals surface area (Å²) in [5.74, 6) is 0. The molecule has 0 aromatic heterocycles. The van der Waals surface area contributed by atoms with E-state index in [-0.39, 0.29) is 0 Å². The first-order valence-electron chi connectivity index (χ1n) is 4.97. The number of rotatable bonds is 2. The molecule has 2 rings (SSSR count). The number of thiol groups is 1. The standard InChI is InChI=1S/C10H13NO3S2/c12-16(13,11-5-7-14-8-6-11)10-3-1-9(15)2-4-10/h1-4,15H,5-8H2. The van der Waals surface area contributed by atoms with Gasteiger partial charge in [-0.15, -0.1) is 12.6 Å². The fraction of sp³-hybridized carbons (Fsp3) is 0.400. The quantitative estimate of drug-likeness (QED) is 0.806. The summed E-state index contributed by atoms with van der Waals surface area (Å²) in [7, 11) is -3.36. The molecule has 0 spiro atoms. The summed E-state index contributed by atoms with van der Waals surface area (Å²) in [6, 6.07) is 6.51. The Morgan fingerprint density at radius 1 is 1.12 bits per heavy atom. The van der Waals surface area contributed by atoms with Crippen molar-refractivity contribution >= 4 is 22.7 Å². The van der Waals surface area contributed by atoms with Crippen LogP contribution in [0.4, 0.5) is 0 Å². The van der Waals surface area contributed by atoms with Gasteiger partial charge < -0.3 is 4.74 Å². The minimum absolute atomic E-state index is 0.312. The number of sulfonamides is 1. The SMILES string of the molecule is O=S(=O)(c1ccc(S)cc1)N1CCOCC1. The molecule has 4 nitrogen and oxygen atoms in total. The molecular formula is C10H13NO3S2. The van der Waals surface area contributed by atoms with E-state index in [4.69, 9.17) is 4.74 Å². The van der Waals surface area contributed by atoms with E-state index in [2.05, 4.69) is 12.6 Å². The maximum Gasteiger partial charge on any atom is 0.243 e. The zero-order valence-electron chi connectivity index (χ0n) is 8.67. The maximum atomic E-state index is 12.1. The second-order valence-corrected chi connectivity index (χ2v) is 5.96. The minimum atomic E-state index is -3.36. The van der Waals surface area contributed by atoms with Crippen LogP contribution in [-0.2, 0) is 14.8 Å². The molecule has 0 bridgehead atoms. The molecule has 0 amide bonds. The van der Waals surface area contributed by atoms with E-state index in [9.17, 15) is 8.42 Å². The molecular weight excluding hydrogens is 246 g/mol. The fourth-order valence-corrected chi connectivity index (χ4v) is 3.11. The topological polar surface area (TPSA) is 46.6 Å². The van der Waals surface area contributed by atoms with Gasteiger partial charge in [-0.05, 0) is 24.3 Å². The van der Waals surface area contributed by atoms with Crippen molar-refractivity contribution in [2.75, 3.05) is 26.3 Å². The highest BCUT2D eigenvalue weighted by Gasteiger charge is 2.25. The van der Waals surface area contributed by atoms with Crippen LogP contribution in [0.5, 0.6) is 0 Å². The van der Waals surface area contributed by atoms with Crippen molar-refractivity contribution in [2.24, 2.45) is 0 Å². The third-order valence-corrected chi connectivity index (χ3v) is 4.66. The van der Waals surface area contributed by atoms with Crippen molar-refractivity contribution in [3.05, 3.63) is 24.3 Å². The van der Waals surface area contributed by atoms with Crippen molar-refractivity contribution in [1.82, 2.24) is 4.31 Å². The van der Waals surface area contributed by atoms with Crippen LogP contribution in [0.2, 0.25) is 0 Å². The molecule has 1 aliphatic rings. The Hall–Kier alpha value is -0.560. The lowest BCUT2D eigenvalue weighted by molar-refractivity contribution is 0.0730. The molecule has 0 saturated carbocycles. The van der Waals surface area contributed by atoms with E-state index in [0.29, 0.717) is 31.2 Å². The van der Waals surface area contributed by atoms with Crippen LogP contribution in [0, 0.1) is 0 Å². The van der Waals surface area contributed by atoms with E-state index >= 15 is 0 Å². The van der Waals surface area contributed by atoms with Crippen molar-refractivity contribution in [3.63, 3.8) is 0 Å². The fourth-order valence-electron chi connectivity index (χ4n) is 1.55. The predicted molar refractivity (Wildman–Crippen MR) is 63.3 cm³/mol. The van der Waals surface area contributed by atoms with Crippen LogP contribution in [0.3, 0.4) is 0 Å². The van der Waals surface area contributed by atoms with Gasteiger partial charge >= 0.3 is 0 Å². The van der Waals surface area contributed by atoms with Crippen molar-refractivity contribution < 1.29 is 13.2 Å². The number of benzene rings is 1. The van der Waals surface area contributed by atoms with Gasteiger partial charge in [-0.1, -0.05) is 0 Å². The van der Waals surface area contributed by atoms with Gasteiger partial charge in [-0.2, -0.15) is 4.31 Å². The zero-order valence-corrected chi connectivity index (χ0v) is 10.4. The highest BCUT2D eigenvalue weighted by atomic mass is 32.2. The molecule has 1 saturated heterocycles. The lowest BCUT2D eigenvalue weighted by Crippen LogP contribution is -2.40. The maximum absolute atomic E-state index is 12.1. The monoisotopic (exact) mass is 259 g/mol. The predicted octanol–water partition coefficient (Wildman–Crippen LogP) is 0.996. The van der Waals surface area contributed by atoms with Crippen molar-refractivity contribution in [3.8, 4) is 0 Å². The van der Waals surface area contributed by atoms with Crippen LogP contribution in [0.25, 0.3) is 0 Å². The molecule has 1 heterocycles. The third kappa shape index (κ3) is 2.40. The Balaban J connectivity index is 2.27. The van der Waals surface area contributed by atoms with E-state index in [1.807, 2.05) is 0 Å². The van der Waals surface area contributed by atoms with Crippen LogP contribution >= 0.6 is 12.6 Å². The molecule has 0 atom stereocenters. The summed E-state index contributed by atoms with van der Waals surface area (Å²) in [5, 5.41) is 0. The Morgan fingerprint density at radius 2 is 1.69 bits per heavy atom. The molecule has 0 aliphatic carbocycles. The van der Waals surface area contributed by atoms with E-state index in [1.54, 1.807) is 24.3 Å². The largest absolute Gasteiger partial charge is 0.379 e. The summed E-state index contributed by atoms with van der Waals surface area (Å²) in [6.07, 6.45) is 0. The Labute approximate surface area is 101 Å². The Bertz CT molecular complexity index is 449. The molecule has 16 heavy (non-hydrogen) atoms. The third-order valence-electron chi connectivity index (χ3n) is 2.44. The van der Waals surface area contributed by atoms with E-state index < -0.39 is 10.0 Å². The molecule has 1 aromatic rings. The lowest BCUT2D eigenvalue weighted by atomic mass is 10.4. The van der Waals surface area contributed by atoms with Gasteiger partial charge in [0.2, 0.25) is 10.0 Å². The summed E-state index contributed by atoms with van der Waals surface area (Å²) >= 11 is 4.13. The second-order valence-electron chi connectivity index (χ2n) is 3.51. The summed E-state index contributed by atoms with van der Waals surface area (Å²) in [6.45, 7) is 1.77. The summed E-state index contributed by atoms with van der Waals surface area (Å²) in [5.41, 5.74) is 0. The lowest BCUT2D eigenvalue weighted by Gasteiger charge is -2.26. The molecule has 0 radical (unpaired) electrons. The second kappa shape index (κ2) is 4.75. The van der Waals surface area contributed by atoms with Crippen LogP contribution < -0.4 is 0 Å². The zero-order chi connectivity index (χ0) is 11.6. The van der Waals surface area contributed by atoms with E-state index in [1.165, 1.54) is 4.31 Å². The molecule has 1 aromatic carbocycles. The first-order valence-corrected chi connectivity index (χ1v) is 6.86. The normalized spacial score (nSPS) is 18.6. The van der Waals surface area contributed by atoms with Crippen molar-refractivity contribution in [1.29, 1.82) is 0 Å². The van der Waals surface area contributed by atoms with Gasteiger partial charge in [0.25, 0.3) is 0 Å². The Morgan fingerprint density at radius 3 is 2.25 bits per heavy atom. The highest BCUT2D eigenvalue weighted by molar-refractivity contribution is 7.89. The number of hydrogen-bond acceptors (Lipinski definition) is 4. The minimum Gasteiger partial charge on any atom is -0.379 e. The van der Waals surface area contributed by atoms with Gasteiger partial charge in [0.05, 0.1) is 18.1 Å². The number of nitrogens with zero attached hydrogens (tertiary/aromatic N) is 1. The smallest absolute Gasteiger partial charge is 0.243 e. The number of morpholine rings is 1. The molecule has 0 N–H and O–H groups in total. The summed E-state index contributed by atoms with van der Waals surface area (Å²) in [4.78, 5) is 1.06. The highest BCUT2D eigenvalue weighted by Crippen LogP contribution is 2.18. The van der Waals surface area contributed by atoms with Gasteiger partial charge in [-0.3, -0.25) is 0 Å². The van der Waals surface area contributed by atoms with Crippen LogP contribution in [0.15, 0.2) is 34.1 Å². The van der Waals surface area contributed by atoms with Crippen LogP contribution in [0.1, 0.15) is 0 Å². The first-order chi connectivity index (χ1) is 7.60. The molecule has 0 unspecified atom stereocenters. The average molecular weight is 259 g/mol. The van der Waals surface area contributed by atoms with Gasteiger partial charge in [0.15, 0.2) is 0 Å². The first kappa shape index (κ1) is 11.9. The van der Waals surface area contributed by atoms with E-state index in [0.717, 1.165) is 4.90 Å². The number of ether oxygens (including phenoxy) is 1. The Kier molecular flexibility index (Phi) is 3.53. The summed E-state index contributed by atoms with van der Waals surface area (Å²) < 4.78 is 30.9. The van der Waals surface area contributed by atoms with Crippen LogP contribution in [-0.4, -0.2) is 39.0 Å². The van der Waals surface area contributed by atoms with Gasteiger partial charge in [0.1, 0.15) is 0 Å². The van der Waals surface area contributed by atoms with Crippen molar-refractivity contribution in [2.45, 2.75) is 9.79 Å². The number of hydrogen-bond donors (Lipinski definition) is 1. The average Bonchev–Trinajstić information content (AvgIpc) is 2.31. The van der Waals surface area contributed by atoms with Gasteiger partial charge in [0, 0.05) is 18.0 Å². The van der Waals surface area contributed by atoms with Gasteiger partial charge in [-0.25, -0.2) is 8.42 Å². The molecule has 1 fully saturated rings. The molecule has 1 aliphatic heterocycles.